The van der Waals surface area contributed by atoms with Crippen molar-refractivity contribution in [3.8, 4) is 23.5 Å². The molecule has 0 radical (unpaired) electrons. The highest BCUT2D eigenvalue weighted by atomic mass is 32.2. The summed E-state index contributed by atoms with van der Waals surface area (Å²) in [5.74, 6) is 3.52. The largest absolute Gasteiger partial charge is 0.370 e. The first-order valence-corrected chi connectivity index (χ1v) is 11.5. The van der Waals surface area contributed by atoms with E-state index in [9.17, 15) is 9.00 Å². The monoisotopic (exact) mass is 420 g/mol. The SMILES string of the molecule is C#Cc1cncc(-c2ccc3c(c2)CS(=O)N3C)c1N1CCC2(CCNC2=O)CC1. The minimum absolute atomic E-state index is 0.199. The van der Waals surface area contributed by atoms with Crippen LogP contribution in [0.2, 0.25) is 0 Å². The minimum atomic E-state index is -1.02. The molecule has 1 atom stereocenters. The summed E-state index contributed by atoms with van der Waals surface area (Å²) in [4.78, 5) is 19.1. The molecule has 1 amide bonds. The zero-order valence-electron chi connectivity index (χ0n) is 17.0. The van der Waals surface area contributed by atoms with Crippen LogP contribution in [0.15, 0.2) is 30.6 Å². The van der Waals surface area contributed by atoms with Crippen molar-refractivity contribution in [1.29, 1.82) is 0 Å². The number of terminal acetylenes is 1. The second-order valence-corrected chi connectivity index (χ2v) is 9.79. The van der Waals surface area contributed by atoms with Gasteiger partial charge in [-0.2, -0.15) is 0 Å². The van der Waals surface area contributed by atoms with Gasteiger partial charge in [-0.3, -0.25) is 14.1 Å². The average Bonchev–Trinajstić information content (AvgIpc) is 3.26. The Hall–Kier alpha value is -2.85. The Bertz CT molecular complexity index is 1100. The van der Waals surface area contributed by atoms with Gasteiger partial charge in [-0.15, -0.1) is 6.42 Å². The number of carbonyl (C=O) groups is 1. The number of amides is 1. The minimum Gasteiger partial charge on any atom is -0.370 e. The van der Waals surface area contributed by atoms with Crippen LogP contribution < -0.4 is 14.5 Å². The summed E-state index contributed by atoms with van der Waals surface area (Å²) >= 11 is 0. The van der Waals surface area contributed by atoms with Crippen molar-refractivity contribution in [3.05, 3.63) is 41.7 Å². The zero-order chi connectivity index (χ0) is 20.9. The Balaban J connectivity index is 1.52. The molecule has 6 nitrogen and oxygen atoms in total. The van der Waals surface area contributed by atoms with E-state index in [0.29, 0.717) is 5.75 Å². The molecular formula is C23H24N4O2S. The number of hydrogen-bond acceptors (Lipinski definition) is 4. The van der Waals surface area contributed by atoms with Crippen LogP contribution >= 0.6 is 0 Å². The highest BCUT2D eigenvalue weighted by Gasteiger charge is 2.44. The van der Waals surface area contributed by atoms with Crippen molar-refractivity contribution in [2.45, 2.75) is 25.0 Å². The maximum atomic E-state index is 12.4. The van der Waals surface area contributed by atoms with Gasteiger partial charge in [0.2, 0.25) is 5.91 Å². The molecule has 1 N–H and O–H groups in total. The van der Waals surface area contributed by atoms with Gasteiger partial charge in [-0.05, 0) is 42.5 Å². The number of nitrogens with zero attached hydrogens (tertiary/aromatic N) is 3. The van der Waals surface area contributed by atoms with Crippen molar-refractivity contribution in [2.75, 3.05) is 35.9 Å². The van der Waals surface area contributed by atoms with Crippen molar-refractivity contribution in [3.63, 3.8) is 0 Å². The van der Waals surface area contributed by atoms with E-state index in [1.54, 1.807) is 6.20 Å². The number of rotatable bonds is 2. The molecule has 2 aromatic rings. The van der Waals surface area contributed by atoms with Crippen molar-refractivity contribution < 1.29 is 9.00 Å². The summed E-state index contributed by atoms with van der Waals surface area (Å²) in [6.45, 7) is 2.35. The van der Waals surface area contributed by atoms with E-state index in [-0.39, 0.29) is 11.3 Å². The second kappa shape index (κ2) is 7.13. The fraction of sp³-hybridized carbons (Fsp3) is 0.391. The molecule has 30 heavy (non-hydrogen) atoms. The highest BCUT2D eigenvalue weighted by Crippen LogP contribution is 2.43. The van der Waals surface area contributed by atoms with Gasteiger partial charge in [0.15, 0.2) is 0 Å². The summed E-state index contributed by atoms with van der Waals surface area (Å²) in [7, 11) is 0.842. The van der Waals surface area contributed by atoms with Gasteiger partial charge in [0.1, 0.15) is 11.0 Å². The molecule has 1 aromatic heterocycles. The third-order valence-electron chi connectivity index (χ3n) is 6.79. The van der Waals surface area contributed by atoms with Gasteiger partial charge in [0.25, 0.3) is 0 Å². The first kappa shape index (κ1) is 19.1. The number of nitrogens with one attached hydrogen (secondary N) is 1. The maximum Gasteiger partial charge on any atom is 0.226 e. The molecular weight excluding hydrogens is 396 g/mol. The molecule has 5 rings (SSSR count). The van der Waals surface area contributed by atoms with Crippen LogP contribution in [0.25, 0.3) is 11.1 Å². The maximum absolute atomic E-state index is 12.4. The lowest BCUT2D eigenvalue weighted by molar-refractivity contribution is -0.128. The van der Waals surface area contributed by atoms with Gasteiger partial charge >= 0.3 is 0 Å². The molecule has 3 aliphatic rings. The smallest absolute Gasteiger partial charge is 0.226 e. The molecule has 1 spiro atoms. The summed E-state index contributed by atoms with van der Waals surface area (Å²) in [6, 6.07) is 6.18. The summed E-state index contributed by atoms with van der Waals surface area (Å²) < 4.78 is 14.0. The zero-order valence-corrected chi connectivity index (χ0v) is 17.8. The van der Waals surface area contributed by atoms with Crippen molar-refractivity contribution in [1.82, 2.24) is 10.3 Å². The summed E-state index contributed by atoms with van der Waals surface area (Å²) in [5.41, 5.74) is 5.65. The third kappa shape index (κ3) is 2.90. The number of piperidine rings is 1. The van der Waals surface area contributed by atoms with E-state index in [1.165, 1.54) is 0 Å². The number of aromatic nitrogens is 1. The topological polar surface area (TPSA) is 65.5 Å². The number of carbonyl (C=O) groups excluding carboxylic acids is 1. The second-order valence-electron chi connectivity index (χ2n) is 8.31. The lowest BCUT2D eigenvalue weighted by atomic mass is 9.77. The Morgan fingerprint density at radius 2 is 2.03 bits per heavy atom. The van der Waals surface area contributed by atoms with Crippen LogP contribution in [-0.4, -0.2) is 41.8 Å². The Morgan fingerprint density at radius 3 is 2.73 bits per heavy atom. The number of benzene rings is 1. The van der Waals surface area contributed by atoms with Crippen molar-refractivity contribution >= 4 is 28.3 Å². The average molecular weight is 421 g/mol. The van der Waals surface area contributed by atoms with Gasteiger partial charge in [-0.1, -0.05) is 12.0 Å². The van der Waals surface area contributed by atoms with Crippen LogP contribution in [0.1, 0.15) is 30.4 Å². The van der Waals surface area contributed by atoms with Crippen LogP contribution in [0, 0.1) is 17.8 Å². The fourth-order valence-corrected chi connectivity index (χ4v) is 6.07. The number of anilines is 2. The standard InChI is InChI=1S/C23H24N4O2S/c1-3-16-13-24-14-19(17-4-5-20-18(12-17)15-30(29)26(20)2)21(16)27-10-7-23(8-11-27)6-9-25-22(23)28/h1,4-5,12-14H,6-11,15H2,2H3,(H,25,28). The van der Waals surface area contributed by atoms with E-state index in [0.717, 1.165) is 72.5 Å². The first-order valence-electron chi connectivity index (χ1n) is 10.3. The molecule has 2 fully saturated rings. The van der Waals surface area contributed by atoms with E-state index in [2.05, 4.69) is 33.3 Å². The van der Waals surface area contributed by atoms with E-state index >= 15 is 0 Å². The predicted molar refractivity (Wildman–Crippen MR) is 119 cm³/mol. The third-order valence-corrected chi connectivity index (χ3v) is 8.16. The molecule has 4 heterocycles. The van der Waals surface area contributed by atoms with Crippen LogP contribution in [0.4, 0.5) is 11.4 Å². The molecule has 7 heteroatoms. The lowest BCUT2D eigenvalue weighted by Crippen LogP contribution is -2.44. The quantitative estimate of drug-likeness (QED) is 0.758. The van der Waals surface area contributed by atoms with Crippen molar-refractivity contribution in [2.24, 2.45) is 5.41 Å². The van der Waals surface area contributed by atoms with E-state index in [1.807, 2.05) is 23.6 Å². The molecule has 0 saturated carbocycles. The number of fused-ring (bicyclic) bond motifs is 1. The normalized spacial score (nSPS) is 22.1. The van der Waals surface area contributed by atoms with E-state index < -0.39 is 11.0 Å². The Kier molecular flexibility index (Phi) is 4.55. The molecule has 1 unspecified atom stereocenters. The Labute approximate surface area is 179 Å². The van der Waals surface area contributed by atoms with E-state index in [4.69, 9.17) is 6.42 Å². The number of hydrogen-bond donors (Lipinski definition) is 1. The van der Waals surface area contributed by atoms with Crippen LogP contribution in [-0.2, 0) is 21.5 Å². The summed E-state index contributed by atoms with van der Waals surface area (Å²) in [6.07, 6.45) is 12.0. The van der Waals surface area contributed by atoms with Crippen LogP contribution in [0.3, 0.4) is 0 Å². The Morgan fingerprint density at radius 1 is 1.23 bits per heavy atom. The van der Waals surface area contributed by atoms with Gasteiger partial charge in [-0.25, -0.2) is 4.21 Å². The molecule has 3 aliphatic heterocycles. The predicted octanol–water partition coefficient (Wildman–Crippen LogP) is 2.45. The highest BCUT2D eigenvalue weighted by molar-refractivity contribution is 7.86. The molecule has 0 bridgehead atoms. The fourth-order valence-electron chi connectivity index (χ4n) is 4.98. The molecule has 0 aliphatic carbocycles. The molecule has 154 valence electrons. The number of pyridine rings is 1. The van der Waals surface area contributed by atoms with Gasteiger partial charge in [0.05, 0.1) is 28.1 Å². The summed E-state index contributed by atoms with van der Waals surface area (Å²) in [5, 5.41) is 3.00. The molecule has 2 saturated heterocycles. The van der Waals surface area contributed by atoms with Gasteiger partial charge < -0.3 is 10.2 Å². The lowest BCUT2D eigenvalue weighted by Gasteiger charge is -2.39. The first-order chi connectivity index (χ1) is 14.5. The van der Waals surface area contributed by atoms with Crippen LogP contribution in [0.5, 0.6) is 0 Å². The molecule has 1 aromatic carbocycles. The van der Waals surface area contributed by atoms with Gasteiger partial charge in [0, 0.05) is 44.6 Å².